The van der Waals surface area contributed by atoms with E-state index in [0.717, 1.165) is 108 Å². The zero-order valence-corrected chi connectivity index (χ0v) is 68.4. The molecule has 0 amide bonds. The molecule has 17 rings (SSSR count). The summed E-state index contributed by atoms with van der Waals surface area (Å²) in [4.78, 5) is 67.1. The first-order chi connectivity index (χ1) is 55.6. The predicted octanol–water partition coefficient (Wildman–Crippen LogP) is 17.0. The molecule has 24 heteroatoms. The third-order valence-corrected chi connectivity index (χ3v) is 22.3. The van der Waals surface area contributed by atoms with Crippen LogP contribution in [0.25, 0.3) is 67.3 Å². The van der Waals surface area contributed by atoms with Crippen LogP contribution in [-0.4, -0.2) is 101 Å². The summed E-state index contributed by atoms with van der Waals surface area (Å²) in [6.45, 7) is 23.8. The van der Waals surface area contributed by atoms with Crippen LogP contribution in [0.5, 0.6) is 0 Å². The quantitative estimate of drug-likeness (QED) is 0.0438. The van der Waals surface area contributed by atoms with E-state index in [1.54, 1.807) is 38.0 Å². The van der Waals surface area contributed by atoms with Gasteiger partial charge >= 0.3 is 0 Å². The van der Waals surface area contributed by atoms with E-state index in [1.807, 2.05) is 154 Å². The molecular weight excluding hydrogens is 1440 g/mol. The highest BCUT2D eigenvalue weighted by Crippen LogP contribution is 2.34. The lowest BCUT2D eigenvalue weighted by atomic mass is 9.93. The number of rotatable bonds is 24. The fraction of sp³-hybridized carbons (Fsp3) is 0.429. The molecule has 0 saturated heterocycles. The van der Waals surface area contributed by atoms with Crippen LogP contribution >= 0.6 is 0 Å². The third-order valence-electron chi connectivity index (χ3n) is 22.3. The van der Waals surface area contributed by atoms with Crippen molar-refractivity contribution in [2.45, 2.75) is 229 Å². The summed E-state index contributed by atoms with van der Waals surface area (Å²) in [7, 11) is 0. The standard InChI is InChI=1S/C23H27N5O.2C23H29N5O.C22H27N5O/c1-16-10-22(26-19-4-2-3-5-19)24-12-21(16)18-11-25-28(14-18)20-8-9-23(29)27(15-20)13-17-6-7-17;1-16(2)13-27-15-20(8-11-23(27)29)28-14-18(12-24-28)21-9-10-22(25-17(21)3)26-19-6-4-5-7-19;1-16(2)13-27-15-20(8-9-23(27)29)28-14-18(11-25-28)21-12-24-22(10-17(21)3)26-19-6-4-5-7-19;1-15(2)12-26-14-19(7-10-22(26)28)27-13-17(11-23-27)20-8-9-21(24-16(20)3)25-18-5-4-6-18/h8-12,14-15,17,19H,2-7,13H2,1H3,(H,24,26);8-12,14-16,19H,4-7,13H2,1-3H3,(H,25,26);8-12,14-16,19H,4-7,13H2,1-3H3,(H,24,26);7-11,13-15,18H,4-6,12H2,1-3H3,(H,24,25). The molecule has 600 valence electrons. The summed E-state index contributed by atoms with van der Waals surface area (Å²) in [5.74, 6) is 5.67. The number of hydrogen-bond acceptors (Lipinski definition) is 16. The Morgan fingerprint density at radius 1 is 0.330 bits per heavy atom. The molecule has 12 heterocycles. The lowest BCUT2D eigenvalue weighted by molar-refractivity contribution is 0.444. The zero-order chi connectivity index (χ0) is 80.2. The van der Waals surface area contributed by atoms with E-state index in [0.29, 0.717) is 67.5 Å². The van der Waals surface area contributed by atoms with Crippen molar-refractivity contribution in [2.24, 2.45) is 23.7 Å². The molecule has 0 atom stereocenters. The minimum absolute atomic E-state index is 0.0134. The van der Waals surface area contributed by atoms with E-state index >= 15 is 0 Å². The van der Waals surface area contributed by atoms with Crippen LogP contribution in [0.4, 0.5) is 23.3 Å². The van der Waals surface area contributed by atoms with Gasteiger partial charge in [-0.2, -0.15) is 20.4 Å². The Balaban J connectivity index is 0.000000127. The van der Waals surface area contributed by atoms with Crippen molar-refractivity contribution in [3.8, 4) is 67.3 Å². The monoisotopic (exact) mass is 1550 g/mol. The Hall–Kier alpha value is -11.6. The first-order valence-corrected chi connectivity index (χ1v) is 41.6. The smallest absolute Gasteiger partial charge is 0.250 e. The van der Waals surface area contributed by atoms with Crippen molar-refractivity contribution in [3.63, 3.8) is 0 Å². The molecule has 5 aliphatic rings. The Morgan fingerprint density at radius 3 is 0.913 bits per heavy atom. The molecule has 12 aromatic heterocycles. The minimum Gasteiger partial charge on any atom is -0.367 e. The van der Waals surface area contributed by atoms with Crippen LogP contribution in [0.1, 0.15) is 173 Å². The summed E-state index contributed by atoms with van der Waals surface area (Å²) in [5, 5.41) is 32.2. The second kappa shape index (κ2) is 36.7. The summed E-state index contributed by atoms with van der Waals surface area (Å²) in [6.07, 6.45) is 48.2. The SMILES string of the molecule is Cc1cc(NC2CCCC2)ncc1-c1cnn(-c2ccc(=O)n(CC(C)C)c2)c1.Cc1cc(NC2CCCC2)ncc1-c1cnn(-c2ccc(=O)n(CC3CC3)c2)c1.Cc1nc(NC2CCC2)ccc1-c1cnn(-c2ccc(=O)n(CC(C)C)c2)c1.Cc1nc(NC2CCCC2)ccc1-c1cnn(-c2ccc(=O)n(CC(C)C)c2)c1. The molecule has 5 fully saturated rings. The van der Waals surface area contributed by atoms with E-state index in [1.165, 1.54) is 120 Å². The first-order valence-electron chi connectivity index (χ1n) is 41.6. The van der Waals surface area contributed by atoms with Gasteiger partial charge in [0.15, 0.2) is 0 Å². The van der Waals surface area contributed by atoms with Gasteiger partial charge in [-0.05, 0) is 194 Å². The minimum atomic E-state index is 0.0134. The van der Waals surface area contributed by atoms with Gasteiger partial charge in [0.05, 0.1) is 47.5 Å². The normalized spacial score (nSPS) is 15.1. The van der Waals surface area contributed by atoms with Crippen molar-refractivity contribution in [1.82, 2.24) is 77.3 Å². The van der Waals surface area contributed by atoms with Crippen molar-refractivity contribution >= 4 is 23.3 Å². The maximum absolute atomic E-state index is 12.1. The summed E-state index contributed by atoms with van der Waals surface area (Å²) in [6, 6.07) is 28.5. The van der Waals surface area contributed by atoms with Crippen LogP contribution < -0.4 is 43.5 Å². The molecule has 4 N–H and O–H groups in total. The Morgan fingerprint density at radius 2 is 0.626 bits per heavy atom. The van der Waals surface area contributed by atoms with Crippen LogP contribution in [0.3, 0.4) is 0 Å². The molecule has 0 spiro atoms. The number of hydrogen-bond donors (Lipinski definition) is 4. The Kier molecular flexibility index (Phi) is 25.6. The van der Waals surface area contributed by atoms with Gasteiger partial charge in [0.1, 0.15) is 23.3 Å². The number of nitrogens with one attached hydrogen (secondary N) is 4. The average molecular weight is 1550 g/mol. The van der Waals surface area contributed by atoms with Crippen LogP contribution in [0.2, 0.25) is 0 Å². The Bertz CT molecular complexity index is 5150. The van der Waals surface area contributed by atoms with Crippen molar-refractivity contribution in [1.29, 1.82) is 0 Å². The molecule has 0 aromatic carbocycles. The van der Waals surface area contributed by atoms with Gasteiger partial charge in [-0.25, -0.2) is 38.7 Å². The lowest BCUT2D eigenvalue weighted by Gasteiger charge is -2.27. The van der Waals surface area contributed by atoms with Gasteiger partial charge < -0.3 is 39.5 Å². The number of anilines is 4. The fourth-order valence-electron chi connectivity index (χ4n) is 15.7. The Labute approximate surface area is 673 Å². The highest BCUT2D eigenvalue weighted by molar-refractivity contribution is 5.70. The van der Waals surface area contributed by atoms with Crippen molar-refractivity contribution in [3.05, 3.63) is 236 Å². The molecule has 5 saturated carbocycles. The fourth-order valence-corrected chi connectivity index (χ4v) is 15.7. The molecule has 0 unspecified atom stereocenters. The van der Waals surface area contributed by atoms with Gasteiger partial charge in [-0.3, -0.25) is 19.2 Å². The largest absolute Gasteiger partial charge is 0.367 e. The highest BCUT2D eigenvalue weighted by Gasteiger charge is 2.24. The highest BCUT2D eigenvalue weighted by atomic mass is 16.1. The van der Waals surface area contributed by atoms with Gasteiger partial charge in [-0.15, -0.1) is 0 Å². The van der Waals surface area contributed by atoms with Crippen LogP contribution in [-0.2, 0) is 26.2 Å². The van der Waals surface area contributed by atoms with Crippen LogP contribution in [0, 0.1) is 51.4 Å². The van der Waals surface area contributed by atoms with E-state index in [9.17, 15) is 19.2 Å². The molecule has 12 aromatic rings. The number of pyridine rings is 8. The van der Waals surface area contributed by atoms with Crippen molar-refractivity contribution < 1.29 is 0 Å². The van der Waals surface area contributed by atoms with Crippen molar-refractivity contribution in [2.75, 3.05) is 21.3 Å². The zero-order valence-electron chi connectivity index (χ0n) is 68.4. The molecule has 0 aliphatic heterocycles. The summed E-state index contributed by atoms with van der Waals surface area (Å²) >= 11 is 0. The van der Waals surface area contributed by atoms with E-state index in [4.69, 9.17) is 9.97 Å². The molecule has 0 bridgehead atoms. The van der Waals surface area contributed by atoms with E-state index in [2.05, 4.69) is 137 Å². The first kappa shape index (κ1) is 80.1. The maximum Gasteiger partial charge on any atom is 0.250 e. The topological polar surface area (TPSA) is 259 Å². The number of aryl methyl sites for hydroxylation is 4. The maximum atomic E-state index is 12.1. The lowest BCUT2D eigenvalue weighted by Crippen LogP contribution is -2.27. The van der Waals surface area contributed by atoms with Gasteiger partial charge in [0, 0.05) is 192 Å². The predicted molar refractivity (Wildman–Crippen MR) is 459 cm³/mol. The summed E-state index contributed by atoms with van der Waals surface area (Å²) < 4.78 is 14.3. The van der Waals surface area contributed by atoms with Crippen LogP contribution in [0.15, 0.2) is 191 Å². The molecule has 0 radical (unpaired) electrons. The third kappa shape index (κ3) is 20.9. The van der Waals surface area contributed by atoms with Gasteiger partial charge in [-0.1, -0.05) is 80.1 Å². The number of aromatic nitrogens is 16. The molecular formula is C91H112N20O4. The number of nitrogens with zero attached hydrogens (tertiary/aromatic N) is 16. The second-order valence-electron chi connectivity index (χ2n) is 33.4. The average Bonchev–Trinajstić information content (AvgIpc) is 1.69. The molecule has 115 heavy (non-hydrogen) atoms. The molecule has 5 aliphatic carbocycles. The van der Waals surface area contributed by atoms with Gasteiger partial charge in [0.25, 0.3) is 22.2 Å². The van der Waals surface area contributed by atoms with Gasteiger partial charge in [0.2, 0.25) is 0 Å². The summed E-state index contributed by atoms with van der Waals surface area (Å²) in [5.41, 5.74) is 16.3. The molecule has 24 nitrogen and oxygen atoms in total. The van der Waals surface area contributed by atoms with E-state index < -0.39 is 0 Å². The van der Waals surface area contributed by atoms with E-state index in [-0.39, 0.29) is 22.2 Å². The second-order valence-corrected chi connectivity index (χ2v) is 33.4.